The summed E-state index contributed by atoms with van der Waals surface area (Å²) in [5.41, 5.74) is -29.0. The minimum Gasteiger partial charge on any atom is -0.200 e. The van der Waals surface area contributed by atoms with Gasteiger partial charge in [0.25, 0.3) is 0 Å². The van der Waals surface area contributed by atoms with Crippen molar-refractivity contribution in [2.75, 3.05) is 0 Å². The molecule has 75 heavy (non-hydrogen) atoms. The van der Waals surface area contributed by atoms with Crippen molar-refractivity contribution in [3.8, 4) is 0 Å². The molecule has 0 radical (unpaired) electrons. The van der Waals surface area contributed by atoms with E-state index >= 15 is 0 Å². The number of hydrogen-bond donors (Lipinski definition) is 0. The Bertz CT molecular complexity index is 2750. The summed E-state index contributed by atoms with van der Waals surface area (Å²) in [6.45, 7) is 0.683. The molecule has 0 N–H and O–H groups in total. The van der Waals surface area contributed by atoms with Crippen LogP contribution in [0.5, 0.6) is 0 Å². The van der Waals surface area contributed by atoms with E-state index in [1.807, 2.05) is 59.3 Å². The van der Waals surface area contributed by atoms with E-state index in [1.165, 1.54) is 0 Å². The molecule has 27 heteroatoms. The Balaban J connectivity index is 0.000000421. The van der Waals surface area contributed by atoms with Gasteiger partial charge in [-0.25, -0.2) is 0 Å². The van der Waals surface area contributed by atoms with Crippen molar-refractivity contribution in [1.82, 2.24) is 0 Å². The first-order chi connectivity index (χ1) is 34.1. The lowest BCUT2D eigenvalue weighted by atomic mass is 9.12. The molecule has 0 unspecified atom stereocenters. The highest BCUT2D eigenvalue weighted by Crippen LogP contribution is 2.41. The molecular formula is C48H25BF25N. The van der Waals surface area contributed by atoms with Crippen LogP contribution < -0.4 is 26.4 Å². The molecule has 1 nitrogen and oxygen atoms in total. The lowest BCUT2D eigenvalue weighted by Gasteiger charge is -2.46. The maximum atomic E-state index is 14.2. The first-order valence-corrected chi connectivity index (χ1v) is 20.6. The van der Waals surface area contributed by atoms with Crippen LogP contribution in [0.4, 0.5) is 110 Å². The average Bonchev–Trinajstić information content (AvgIpc) is 3.27. The van der Waals surface area contributed by atoms with Crippen molar-refractivity contribution < 1.29 is 114 Å². The van der Waals surface area contributed by atoms with Crippen LogP contribution in [0, 0.1) is 5.82 Å². The smallest absolute Gasteiger partial charge is 0.200 e. The van der Waals surface area contributed by atoms with Crippen LogP contribution in [-0.2, 0) is 56.0 Å². The van der Waals surface area contributed by atoms with Crippen LogP contribution in [-0.4, -0.2) is 6.15 Å². The number of pyridine rings is 1. The third kappa shape index (κ3) is 12.9. The first-order valence-electron chi connectivity index (χ1n) is 20.6. The average molecular weight is 1100 g/mol. The van der Waals surface area contributed by atoms with Gasteiger partial charge in [-0.05, 0) is 30.3 Å². The summed E-state index contributed by atoms with van der Waals surface area (Å²) >= 11 is 0. The van der Waals surface area contributed by atoms with Crippen molar-refractivity contribution in [3.63, 3.8) is 0 Å². The first kappa shape index (κ1) is 57.3. The van der Waals surface area contributed by atoms with E-state index < -0.39 is 195 Å². The second-order valence-electron chi connectivity index (χ2n) is 16.6. The highest BCUT2D eigenvalue weighted by atomic mass is 19.4. The minimum absolute atomic E-state index is 0.177. The molecular weight excluding hydrogens is 1080 g/mol. The van der Waals surface area contributed by atoms with E-state index in [1.54, 1.807) is 12.3 Å². The third-order valence-electron chi connectivity index (χ3n) is 11.5. The van der Waals surface area contributed by atoms with Gasteiger partial charge in [0.05, 0.1) is 44.5 Å². The van der Waals surface area contributed by atoms with Gasteiger partial charge in [-0.2, -0.15) is 136 Å². The monoisotopic (exact) mass is 1100 g/mol. The second-order valence-corrected chi connectivity index (χ2v) is 16.6. The van der Waals surface area contributed by atoms with Crippen LogP contribution in [0.25, 0.3) is 10.8 Å². The zero-order valence-corrected chi connectivity index (χ0v) is 36.5. The van der Waals surface area contributed by atoms with Gasteiger partial charge < -0.3 is 0 Å². The van der Waals surface area contributed by atoms with E-state index in [0.29, 0.717) is 11.9 Å². The van der Waals surface area contributed by atoms with Crippen LogP contribution >= 0.6 is 0 Å². The molecule has 0 aliphatic heterocycles. The fourth-order valence-electron chi connectivity index (χ4n) is 8.21. The Hall–Kier alpha value is -6.96. The van der Waals surface area contributed by atoms with Gasteiger partial charge in [0.1, 0.15) is 6.15 Å². The molecule has 0 amide bonds. The van der Waals surface area contributed by atoms with Gasteiger partial charge in [-0.3, -0.25) is 0 Å². The second kappa shape index (κ2) is 19.6. The zero-order chi connectivity index (χ0) is 56.3. The number of rotatable bonds is 6. The van der Waals surface area contributed by atoms with Crippen molar-refractivity contribution in [3.05, 3.63) is 196 Å². The van der Waals surface area contributed by atoms with Gasteiger partial charge in [0.2, 0.25) is 6.20 Å². The fraction of sp³-hybridized carbons (Fsp3) is 0.188. The van der Waals surface area contributed by atoms with Gasteiger partial charge in [0, 0.05) is 16.3 Å². The molecule has 0 bridgehead atoms. The highest BCUT2D eigenvalue weighted by molar-refractivity contribution is 7.20. The molecule has 0 saturated heterocycles. The van der Waals surface area contributed by atoms with Gasteiger partial charge in [0.15, 0.2) is 18.6 Å². The largest absolute Gasteiger partial charge is 0.416 e. The molecule has 400 valence electrons. The molecule has 7 aromatic rings. The molecule has 1 aromatic heterocycles. The van der Waals surface area contributed by atoms with Crippen molar-refractivity contribution in [2.45, 2.75) is 56.0 Å². The van der Waals surface area contributed by atoms with E-state index in [9.17, 15) is 110 Å². The summed E-state index contributed by atoms with van der Waals surface area (Å²) in [6.07, 6.45) is -51.3. The highest BCUT2D eigenvalue weighted by Gasteiger charge is 2.47. The maximum absolute atomic E-state index is 14.2. The number of nitrogens with zero attached hydrogens (tertiary/aromatic N) is 1. The predicted octanol–water partition coefficient (Wildman–Crippen LogP) is 14.5. The van der Waals surface area contributed by atoms with Crippen LogP contribution in [0.1, 0.15) is 50.1 Å². The van der Waals surface area contributed by atoms with Crippen LogP contribution in [0.15, 0.2) is 140 Å². The van der Waals surface area contributed by atoms with E-state index in [0.717, 1.165) is 10.9 Å². The molecule has 6 aromatic carbocycles. The molecule has 0 saturated carbocycles. The number of benzene rings is 6. The lowest BCUT2D eigenvalue weighted by Crippen LogP contribution is -2.75. The molecule has 7 rings (SSSR count). The van der Waals surface area contributed by atoms with Gasteiger partial charge >= 0.3 is 49.4 Å². The Morgan fingerprint density at radius 1 is 0.307 bits per heavy atom. The molecule has 0 aliphatic carbocycles. The summed E-state index contributed by atoms with van der Waals surface area (Å²) in [7, 11) is 0. The quantitative estimate of drug-likeness (QED) is 0.0888. The van der Waals surface area contributed by atoms with Crippen molar-refractivity contribution in [1.29, 1.82) is 0 Å². The summed E-state index contributed by atoms with van der Waals surface area (Å²) in [5.74, 6) is -0.177. The van der Waals surface area contributed by atoms with Crippen LogP contribution in [0.2, 0.25) is 0 Å². The Kier molecular flexibility index (Phi) is 15.0. The summed E-state index contributed by atoms with van der Waals surface area (Å²) < 4.78 is 357. The molecule has 0 spiro atoms. The Labute approximate surface area is 404 Å². The number of hydrogen-bond acceptors (Lipinski definition) is 0. The maximum Gasteiger partial charge on any atom is 0.416 e. The Morgan fingerprint density at radius 3 is 0.827 bits per heavy atom. The molecule has 0 fully saturated rings. The number of aromatic nitrogens is 1. The summed E-state index contributed by atoms with van der Waals surface area (Å²) in [6, 6.07) is 8.75. The zero-order valence-electron chi connectivity index (χ0n) is 36.5. The van der Waals surface area contributed by atoms with Gasteiger partial charge in [-0.15, -0.1) is 0 Å². The molecule has 1 heterocycles. The predicted molar refractivity (Wildman–Crippen MR) is 220 cm³/mol. The number of fused-ring (bicyclic) bond motifs is 1. The van der Waals surface area contributed by atoms with Gasteiger partial charge in [-0.1, -0.05) is 97.1 Å². The van der Waals surface area contributed by atoms with E-state index in [-0.39, 0.29) is 5.82 Å². The van der Waals surface area contributed by atoms with E-state index in [4.69, 9.17) is 0 Å². The summed E-state index contributed by atoms with van der Waals surface area (Å²) in [5, 5.41) is 1.59. The molecule has 0 atom stereocenters. The van der Waals surface area contributed by atoms with E-state index in [2.05, 4.69) is 0 Å². The number of halogens is 25. The third-order valence-corrected chi connectivity index (χ3v) is 11.5. The van der Waals surface area contributed by atoms with Crippen molar-refractivity contribution in [2.24, 2.45) is 0 Å². The lowest BCUT2D eigenvalue weighted by molar-refractivity contribution is -0.688. The Morgan fingerprint density at radius 2 is 0.560 bits per heavy atom. The summed E-state index contributed by atoms with van der Waals surface area (Å²) in [4.78, 5) is 0. The fourth-order valence-corrected chi connectivity index (χ4v) is 8.21. The topological polar surface area (TPSA) is 3.88 Å². The minimum atomic E-state index is -6.13. The standard InChI is InChI=1S/C32H12BF24.C16H13FN/c34-25(35,36)13-1-14(26(37,38)39)6-21(5-13)33(22-7-15(27(40,41)42)2-16(8-22)28(43,44)45,23-9-17(29(46,47)48)3-18(10-23)30(49,50)51)24-11-19(31(52,53)54)4-20(12-24)32(55,56)57;17-16-12-18(10-13-6-2-1-3-7-13)11-14-8-4-5-9-15(14)16/h1-12H;1-9,11-12H,10H2/q-1;+1. The van der Waals surface area contributed by atoms with Crippen molar-refractivity contribution >= 4 is 38.8 Å². The molecule has 0 aliphatic rings. The SMILES string of the molecule is FC(F)(F)c1cc([B-](c2cc(C(F)(F)F)cc(C(F)(F)F)c2)(c2cc(C(F)(F)F)cc(C(F)(F)F)c2)c2cc(C(F)(F)F)cc(C(F)(F)F)c2)cc(C(F)(F)F)c1.Fc1c[n+](Cc2ccccc2)cc2ccccc12. The normalized spacial score (nSPS) is 13.5. The number of alkyl halides is 24. The van der Waals surface area contributed by atoms with Crippen LogP contribution in [0.3, 0.4) is 0 Å².